The van der Waals surface area contributed by atoms with Crippen LogP contribution in [-0.2, 0) is 10.0 Å². The smallest absolute Gasteiger partial charge is 0.244 e. The second kappa shape index (κ2) is 6.35. The summed E-state index contributed by atoms with van der Waals surface area (Å²) in [6.45, 7) is 2.75. The highest BCUT2D eigenvalue weighted by atomic mass is 32.2. The predicted molar refractivity (Wildman–Crippen MR) is 77.4 cm³/mol. The second-order valence-electron chi connectivity index (χ2n) is 4.88. The number of nitrogens with zero attached hydrogens (tertiary/aromatic N) is 2. The topological polar surface area (TPSA) is 76.3 Å². The number of nitrogens with two attached hydrogens (primary N) is 1. The fourth-order valence-electron chi connectivity index (χ4n) is 2.35. The average Bonchev–Trinajstić information content (AvgIpc) is 2.45. The fraction of sp³-hybridized carbons (Fsp3) is 0.500. The summed E-state index contributed by atoms with van der Waals surface area (Å²) in [5, 5.41) is 0. The first-order valence-corrected chi connectivity index (χ1v) is 8.15. The van der Waals surface area contributed by atoms with Crippen molar-refractivity contribution in [2.24, 2.45) is 5.73 Å². The van der Waals surface area contributed by atoms with Gasteiger partial charge in [0.2, 0.25) is 10.0 Å². The van der Waals surface area contributed by atoms with Crippen LogP contribution >= 0.6 is 0 Å². The Labute approximate surface area is 120 Å². The summed E-state index contributed by atoms with van der Waals surface area (Å²) in [5.74, 6) is 5.51. The third-order valence-corrected chi connectivity index (χ3v) is 5.38. The van der Waals surface area contributed by atoms with E-state index in [-0.39, 0.29) is 17.5 Å². The molecule has 1 aliphatic rings. The van der Waals surface area contributed by atoms with Crippen molar-refractivity contribution in [2.45, 2.75) is 37.1 Å². The molecule has 0 bridgehead atoms. The molecule has 1 unspecified atom stereocenters. The molecule has 1 aliphatic heterocycles. The monoisotopic (exact) mass is 293 g/mol. The van der Waals surface area contributed by atoms with Gasteiger partial charge in [0.05, 0.1) is 6.54 Å². The Balaban J connectivity index is 2.34. The molecule has 1 fully saturated rings. The van der Waals surface area contributed by atoms with Gasteiger partial charge in [-0.1, -0.05) is 18.3 Å². The van der Waals surface area contributed by atoms with Crippen LogP contribution in [0.4, 0.5) is 0 Å². The number of hydrogen-bond donors (Lipinski definition) is 1. The predicted octanol–water partition coefficient (Wildman–Crippen LogP) is 0.955. The Morgan fingerprint density at radius 3 is 2.95 bits per heavy atom. The molecule has 0 saturated carbocycles. The van der Waals surface area contributed by atoms with E-state index in [0.29, 0.717) is 12.1 Å². The summed E-state index contributed by atoms with van der Waals surface area (Å²) in [7, 11) is -3.49. The molecule has 20 heavy (non-hydrogen) atoms. The van der Waals surface area contributed by atoms with Crippen molar-refractivity contribution in [3.63, 3.8) is 0 Å². The summed E-state index contributed by atoms with van der Waals surface area (Å²) in [6, 6.07) is 1.60. The van der Waals surface area contributed by atoms with Crippen molar-refractivity contribution in [2.75, 3.05) is 13.1 Å². The average molecular weight is 293 g/mol. The maximum atomic E-state index is 12.6. The van der Waals surface area contributed by atoms with Crippen LogP contribution < -0.4 is 5.73 Å². The molecule has 0 amide bonds. The van der Waals surface area contributed by atoms with Crippen LogP contribution in [0.15, 0.2) is 23.4 Å². The first-order valence-electron chi connectivity index (χ1n) is 6.71. The Morgan fingerprint density at radius 1 is 1.45 bits per heavy atom. The molecule has 1 saturated heterocycles. The minimum Gasteiger partial charge on any atom is -0.320 e. The molecule has 0 aliphatic carbocycles. The largest absolute Gasteiger partial charge is 0.320 e. The third kappa shape index (κ3) is 3.18. The molecule has 0 radical (unpaired) electrons. The van der Waals surface area contributed by atoms with Crippen molar-refractivity contribution < 1.29 is 8.42 Å². The highest BCUT2D eigenvalue weighted by molar-refractivity contribution is 7.89. The Morgan fingerprint density at radius 2 is 2.25 bits per heavy atom. The van der Waals surface area contributed by atoms with Gasteiger partial charge in [-0.15, -0.1) is 0 Å². The Hall–Kier alpha value is -1.42. The molecule has 2 heterocycles. The number of sulfonamides is 1. The van der Waals surface area contributed by atoms with E-state index in [1.165, 1.54) is 6.20 Å². The molecular weight excluding hydrogens is 274 g/mol. The minimum atomic E-state index is -3.49. The first-order chi connectivity index (χ1) is 9.55. The van der Waals surface area contributed by atoms with E-state index in [1.807, 2.05) is 6.92 Å². The highest BCUT2D eigenvalue weighted by Gasteiger charge is 2.31. The standard InChI is InChI=1S/C14H19N3O2S/c1-12-5-2-3-8-17(12)20(18,19)14-9-13(6-4-7-15)10-16-11-14/h9-12H,2-3,5,7-8,15H2,1H3. The maximum absolute atomic E-state index is 12.6. The zero-order valence-corrected chi connectivity index (χ0v) is 12.4. The Bertz CT molecular complexity index is 631. The molecule has 108 valence electrons. The van der Waals surface area contributed by atoms with Crippen LogP contribution in [0.5, 0.6) is 0 Å². The van der Waals surface area contributed by atoms with E-state index in [2.05, 4.69) is 16.8 Å². The van der Waals surface area contributed by atoms with Gasteiger partial charge in [-0.25, -0.2) is 8.42 Å². The summed E-state index contributed by atoms with van der Waals surface area (Å²) in [5.41, 5.74) is 5.89. The van der Waals surface area contributed by atoms with Crippen molar-refractivity contribution in [1.29, 1.82) is 0 Å². The van der Waals surface area contributed by atoms with E-state index < -0.39 is 10.0 Å². The lowest BCUT2D eigenvalue weighted by molar-refractivity contribution is 0.268. The molecule has 1 atom stereocenters. The third-order valence-electron chi connectivity index (χ3n) is 3.40. The quantitative estimate of drug-likeness (QED) is 0.824. The van der Waals surface area contributed by atoms with Crippen molar-refractivity contribution in [3.8, 4) is 11.8 Å². The molecular formula is C14H19N3O2S. The van der Waals surface area contributed by atoms with Gasteiger partial charge in [-0.2, -0.15) is 4.31 Å². The molecule has 0 spiro atoms. The van der Waals surface area contributed by atoms with Gasteiger partial charge in [-0.05, 0) is 25.8 Å². The van der Waals surface area contributed by atoms with Gasteiger partial charge >= 0.3 is 0 Å². The number of aromatic nitrogens is 1. The lowest BCUT2D eigenvalue weighted by atomic mass is 10.1. The maximum Gasteiger partial charge on any atom is 0.244 e. The lowest BCUT2D eigenvalue weighted by Gasteiger charge is -2.32. The number of rotatable bonds is 2. The van der Waals surface area contributed by atoms with Crippen LogP contribution in [0.1, 0.15) is 31.7 Å². The number of pyridine rings is 1. The van der Waals surface area contributed by atoms with Crippen LogP contribution in [0.3, 0.4) is 0 Å². The lowest BCUT2D eigenvalue weighted by Crippen LogP contribution is -2.41. The summed E-state index contributed by atoms with van der Waals surface area (Å²) in [4.78, 5) is 4.18. The van der Waals surface area contributed by atoms with Crippen molar-refractivity contribution in [3.05, 3.63) is 24.0 Å². The molecule has 2 N–H and O–H groups in total. The van der Waals surface area contributed by atoms with Crippen LogP contribution in [-0.4, -0.2) is 36.8 Å². The zero-order chi connectivity index (χ0) is 14.6. The van der Waals surface area contributed by atoms with E-state index >= 15 is 0 Å². The van der Waals surface area contributed by atoms with Crippen LogP contribution in [0.25, 0.3) is 0 Å². The normalized spacial score (nSPS) is 20.2. The number of hydrogen-bond acceptors (Lipinski definition) is 4. The molecule has 6 heteroatoms. The van der Waals surface area contributed by atoms with Gasteiger partial charge in [0.25, 0.3) is 0 Å². The highest BCUT2D eigenvalue weighted by Crippen LogP contribution is 2.24. The second-order valence-corrected chi connectivity index (χ2v) is 6.77. The summed E-state index contributed by atoms with van der Waals surface area (Å²) >= 11 is 0. The summed E-state index contributed by atoms with van der Waals surface area (Å²) < 4.78 is 26.8. The molecule has 5 nitrogen and oxygen atoms in total. The van der Waals surface area contributed by atoms with Crippen molar-refractivity contribution >= 4 is 10.0 Å². The van der Waals surface area contributed by atoms with E-state index in [1.54, 1.807) is 16.6 Å². The van der Waals surface area contributed by atoms with Crippen molar-refractivity contribution in [1.82, 2.24) is 9.29 Å². The number of piperidine rings is 1. The molecule has 1 aromatic heterocycles. The fourth-order valence-corrected chi connectivity index (χ4v) is 4.03. The minimum absolute atomic E-state index is 0.0348. The van der Waals surface area contributed by atoms with Gasteiger partial charge in [0.1, 0.15) is 4.90 Å². The van der Waals surface area contributed by atoms with Crippen LogP contribution in [0.2, 0.25) is 0 Å². The summed E-state index contributed by atoms with van der Waals surface area (Å²) in [6.07, 6.45) is 5.81. The molecule has 0 aromatic carbocycles. The van der Waals surface area contributed by atoms with E-state index in [4.69, 9.17) is 5.73 Å². The van der Waals surface area contributed by atoms with Gasteiger partial charge in [-0.3, -0.25) is 4.98 Å². The molecule has 2 rings (SSSR count). The van der Waals surface area contributed by atoms with Gasteiger partial charge in [0.15, 0.2) is 0 Å². The van der Waals surface area contributed by atoms with Gasteiger partial charge in [0, 0.05) is 30.5 Å². The Kier molecular flexibility index (Phi) is 4.76. The van der Waals surface area contributed by atoms with E-state index in [0.717, 1.165) is 19.3 Å². The van der Waals surface area contributed by atoms with Gasteiger partial charge < -0.3 is 5.73 Å². The SMILES string of the molecule is CC1CCCCN1S(=O)(=O)c1cncc(C#CCN)c1. The zero-order valence-electron chi connectivity index (χ0n) is 11.5. The van der Waals surface area contributed by atoms with Crippen LogP contribution in [0, 0.1) is 11.8 Å². The molecule has 1 aromatic rings. The first kappa shape index (κ1) is 15.0. The van der Waals surface area contributed by atoms with E-state index in [9.17, 15) is 8.42 Å².